The van der Waals surface area contributed by atoms with Gasteiger partial charge in [-0.05, 0) is 13.8 Å². The summed E-state index contributed by atoms with van der Waals surface area (Å²) < 4.78 is 0. The highest BCUT2D eigenvalue weighted by Gasteiger charge is 2.16. The van der Waals surface area contributed by atoms with Crippen LogP contribution in [-0.4, -0.2) is 23.6 Å². The molecule has 0 saturated carbocycles. The minimum atomic E-state index is -0.786. The van der Waals surface area contributed by atoms with Gasteiger partial charge >= 0.3 is 0 Å². The van der Waals surface area contributed by atoms with E-state index in [1.54, 1.807) is 0 Å². The number of hydrogen-bond acceptors (Lipinski definition) is 4. The second kappa shape index (κ2) is 7.05. The molecule has 0 unspecified atom stereocenters. The quantitative estimate of drug-likeness (QED) is 0.702. The summed E-state index contributed by atoms with van der Waals surface area (Å²) in [7, 11) is 0. The van der Waals surface area contributed by atoms with Crippen LogP contribution in [0.5, 0.6) is 0 Å². The Balaban J connectivity index is 4.38. The Morgan fingerprint density at radius 1 is 0.789 bits per heavy atom. The van der Waals surface area contributed by atoms with E-state index < -0.39 is 30.0 Å². The fourth-order valence-corrected chi connectivity index (χ4v) is 0.850. The Bertz CT molecular complexity index is 489. The molecule has 2 N–H and O–H groups in total. The molecule has 0 heterocycles. The number of hydrogen-bond donors (Lipinski definition) is 2. The van der Waals surface area contributed by atoms with Crippen LogP contribution in [-0.2, 0) is 19.2 Å². The highest BCUT2D eigenvalue weighted by molar-refractivity contribution is 6.12. The van der Waals surface area contributed by atoms with Crippen LogP contribution in [0.4, 0.5) is 0 Å². The Kier molecular flexibility index (Phi) is 6.12. The van der Waals surface area contributed by atoms with Gasteiger partial charge < -0.3 is 0 Å². The summed E-state index contributed by atoms with van der Waals surface area (Å²) in [6.07, 6.45) is -0.395. The molecule has 19 heavy (non-hydrogen) atoms. The van der Waals surface area contributed by atoms with Crippen molar-refractivity contribution >= 4 is 23.6 Å². The van der Waals surface area contributed by atoms with Gasteiger partial charge in [-0.3, -0.25) is 29.8 Å². The van der Waals surface area contributed by atoms with E-state index in [-0.39, 0.29) is 16.7 Å². The van der Waals surface area contributed by atoms with E-state index in [0.717, 1.165) is 0 Å². The third-order valence-corrected chi connectivity index (χ3v) is 1.95. The first-order valence-electron chi connectivity index (χ1n) is 5.33. The lowest BCUT2D eigenvalue weighted by atomic mass is 10.2. The highest BCUT2D eigenvalue weighted by Crippen LogP contribution is 1.99. The first kappa shape index (κ1) is 16.5. The van der Waals surface area contributed by atoms with Crippen LogP contribution in [0, 0.1) is 0 Å². The highest BCUT2D eigenvalue weighted by atomic mass is 16.2. The van der Waals surface area contributed by atoms with Crippen LogP contribution in [0.2, 0.25) is 0 Å². The van der Waals surface area contributed by atoms with E-state index >= 15 is 0 Å². The van der Waals surface area contributed by atoms with Crippen molar-refractivity contribution in [1.29, 1.82) is 0 Å². The summed E-state index contributed by atoms with van der Waals surface area (Å²) in [5.41, 5.74) is 0.186. The maximum absolute atomic E-state index is 11.5. The van der Waals surface area contributed by atoms with Gasteiger partial charge in [0.25, 0.3) is 17.7 Å². The first-order valence-corrected chi connectivity index (χ1v) is 5.33. The summed E-state index contributed by atoms with van der Waals surface area (Å²) >= 11 is 0. The molecule has 6 nitrogen and oxygen atoms in total. The van der Waals surface area contributed by atoms with Gasteiger partial charge in [0, 0.05) is 16.7 Å². The number of nitrogens with one attached hydrogen (secondary N) is 2. The zero-order valence-corrected chi connectivity index (χ0v) is 11.0. The Morgan fingerprint density at radius 2 is 1.21 bits per heavy atom. The van der Waals surface area contributed by atoms with Crippen molar-refractivity contribution in [3.63, 3.8) is 0 Å². The number of imide groups is 2. The average Bonchev–Trinajstić information content (AvgIpc) is 2.27. The minimum Gasteiger partial charge on any atom is -0.292 e. The predicted octanol–water partition coefficient (Wildman–Crippen LogP) is 0.370. The van der Waals surface area contributed by atoms with Crippen LogP contribution < -0.4 is 10.6 Å². The van der Waals surface area contributed by atoms with E-state index in [0.29, 0.717) is 0 Å². The maximum atomic E-state index is 11.5. The van der Waals surface area contributed by atoms with E-state index in [1.165, 1.54) is 13.8 Å². The maximum Gasteiger partial charge on any atom is 0.253 e. The molecule has 0 bridgehead atoms. The zero-order valence-electron chi connectivity index (χ0n) is 11.0. The molecule has 0 aliphatic heterocycles. The monoisotopic (exact) mass is 264 g/mol. The topological polar surface area (TPSA) is 92.3 Å². The molecular formula is C13H16N2O4. The molecule has 0 aliphatic carbocycles. The van der Waals surface area contributed by atoms with E-state index in [9.17, 15) is 19.2 Å². The summed E-state index contributed by atoms with van der Waals surface area (Å²) in [4.78, 5) is 45.1. The van der Waals surface area contributed by atoms with Gasteiger partial charge in [0.05, 0.1) is 6.42 Å². The number of amides is 4. The molecule has 0 aromatic carbocycles. The van der Waals surface area contributed by atoms with Crippen LogP contribution in [0.1, 0.15) is 20.3 Å². The summed E-state index contributed by atoms with van der Waals surface area (Å²) in [5.74, 6) is -2.76. The molecule has 0 aliphatic rings. The van der Waals surface area contributed by atoms with Gasteiger partial charge in [-0.1, -0.05) is 19.7 Å². The number of carbonyl (C=O) groups excluding carboxylic acids is 4. The van der Waals surface area contributed by atoms with Crippen molar-refractivity contribution in [3.8, 4) is 0 Å². The number of rotatable bonds is 5. The fraction of sp³-hybridized carbons (Fsp3) is 0.231. The molecular weight excluding hydrogens is 248 g/mol. The number of carbonyl (C=O) groups is 4. The van der Waals surface area contributed by atoms with Crippen molar-refractivity contribution in [3.05, 3.63) is 36.5 Å². The molecule has 0 aromatic rings. The zero-order chi connectivity index (χ0) is 15.2. The normalized spacial score (nSPS) is 9.16. The van der Waals surface area contributed by atoms with E-state index in [2.05, 4.69) is 19.7 Å². The molecule has 0 rings (SSSR count). The second-order valence-corrected chi connectivity index (χ2v) is 4.00. The molecule has 4 amide bonds. The molecule has 0 saturated heterocycles. The van der Waals surface area contributed by atoms with Crippen LogP contribution in [0.25, 0.3) is 0 Å². The van der Waals surface area contributed by atoms with Gasteiger partial charge in [0.15, 0.2) is 0 Å². The third-order valence-electron chi connectivity index (χ3n) is 1.95. The van der Waals surface area contributed by atoms with Crippen molar-refractivity contribution in [2.24, 2.45) is 0 Å². The van der Waals surface area contributed by atoms with Crippen LogP contribution in [0.3, 0.4) is 0 Å². The van der Waals surface area contributed by atoms with Crippen LogP contribution in [0.15, 0.2) is 36.5 Å². The molecule has 0 radical (unpaired) electrons. The fourth-order valence-electron chi connectivity index (χ4n) is 0.850. The molecule has 6 heteroatoms. The third kappa shape index (κ3) is 6.11. The summed E-state index contributed by atoms with van der Waals surface area (Å²) in [6, 6.07) is 0. The summed E-state index contributed by atoms with van der Waals surface area (Å²) in [6.45, 7) is 13.0. The molecule has 0 spiro atoms. The van der Waals surface area contributed by atoms with E-state index in [1.807, 2.05) is 10.6 Å². The van der Waals surface area contributed by atoms with Crippen LogP contribution >= 0.6 is 0 Å². The van der Waals surface area contributed by atoms with Crippen molar-refractivity contribution in [2.45, 2.75) is 20.3 Å². The lowest BCUT2D eigenvalue weighted by Crippen LogP contribution is -2.35. The second-order valence-electron chi connectivity index (χ2n) is 4.00. The average molecular weight is 264 g/mol. The smallest absolute Gasteiger partial charge is 0.253 e. The van der Waals surface area contributed by atoms with Gasteiger partial charge in [0.1, 0.15) is 0 Å². The Hall–Kier alpha value is -2.50. The summed E-state index contributed by atoms with van der Waals surface area (Å²) in [5, 5.41) is 4.02. The Labute approximate surface area is 111 Å². The van der Waals surface area contributed by atoms with Gasteiger partial charge in [-0.25, -0.2) is 0 Å². The molecule has 102 valence electrons. The largest absolute Gasteiger partial charge is 0.292 e. The molecule has 0 fully saturated rings. The molecule has 0 atom stereocenters. The SMILES string of the molecule is C=C(C)C(=O)NC(=O)CC(=C)C(=O)NC(=O)C(=C)C. The first-order chi connectivity index (χ1) is 8.65. The lowest BCUT2D eigenvalue weighted by Gasteiger charge is -2.07. The van der Waals surface area contributed by atoms with Gasteiger partial charge in [-0.15, -0.1) is 0 Å². The predicted molar refractivity (Wildman–Crippen MR) is 69.7 cm³/mol. The van der Waals surface area contributed by atoms with Gasteiger partial charge in [-0.2, -0.15) is 0 Å². The van der Waals surface area contributed by atoms with Crippen molar-refractivity contribution < 1.29 is 19.2 Å². The minimum absolute atomic E-state index is 0.137. The van der Waals surface area contributed by atoms with Gasteiger partial charge in [0.2, 0.25) is 5.91 Å². The molecule has 0 aromatic heterocycles. The Morgan fingerprint density at radius 3 is 1.63 bits per heavy atom. The van der Waals surface area contributed by atoms with Crippen molar-refractivity contribution in [2.75, 3.05) is 0 Å². The lowest BCUT2D eigenvalue weighted by molar-refractivity contribution is -0.130. The standard InChI is InChI=1S/C13H16N2O4/c1-7(2)11(17)14-10(16)6-9(5)13(19)15-12(18)8(3)4/h1,3,5-6H2,2,4H3,(H,14,16,17)(H,15,18,19). The van der Waals surface area contributed by atoms with E-state index in [4.69, 9.17) is 0 Å². The van der Waals surface area contributed by atoms with Crippen molar-refractivity contribution in [1.82, 2.24) is 10.6 Å².